The largest absolute Gasteiger partial charge is 0.376 e. The van der Waals surface area contributed by atoms with Crippen molar-refractivity contribution in [3.63, 3.8) is 0 Å². The van der Waals surface area contributed by atoms with Crippen LogP contribution in [0.1, 0.15) is 17.3 Å². The molecular formula is C13H15Cl2NO2. The van der Waals surface area contributed by atoms with E-state index in [1.807, 2.05) is 6.92 Å². The zero-order valence-electron chi connectivity index (χ0n) is 10.2. The van der Waals surface area contributed by atoms with E-state index in [-0.39, 0.29) is 11.9 Å². The number of hydrogen-bond donors (Lipinski definition) is 0. The van der Waals surface area contributed by atoms with Gasteiger partial charge in [0.2, 0.25) is 0 Å². The molecule has 1 unspecified atom stereocenters. The summed E-state index contributed by atoms with van der Waals surface area (Å²) >= 11 is 11.7. The minimum absolute atomic E-state index is 0.0580. The number of carbonyl (C=O) groups is 1. The van der Waals surface area contributed by atoms with Gasteiger partial charge in [-0.15, -0.1) is 0 Å². The SMILES string of the molecule is CC1CN(CC(=O)c2ccc(Cl)c(Cl)c2)CCO1. The summed E-state index contributed by atoms with van der Waals surface area (Å²) in [7, 11) is 0. The average Bonchev–Trinajstić information content (AvgIpc) is 2.32. The fourth-order valence-electron chi connectivity index (χ4n) is 2.00. The first-order chi connectivity index (χ1) is 8.56. The van der Waals surface area contributed by atoms with Crippen molar-refractivity contribution in [2.24, 2.45) is 0 Å². The normalized spacial score (nSPS) is 20.9. The second-order valence-electron chi connectivity index (χ2n) is 4.47. The van der Waals surface area contributed by atoms with Gasteiger partial charge in [0.15, 0.2) is 5.78 Å². The summed E-state index contributed by atoms with van der Waals surface area (Å²) in [6.45, 7) is 4.65. The number of rotatable bonds is 3. The summed E-state index contributed by atoms with van der Waals surface area (Å²) in [6, 6.07) is 4.98. The van der Waals surface area contributed by atoms with Crippen LogP contribution in [0.25, 0.3) is 0 Å². The molecule has 3 nitrogen and oxygen atoms in total. The zero-order valence-corrected chi connectivity index (χ0v) is 11.7. The van der Waals surface area contributed by atoms with E-state index in [0.717, 1.165) is 13.1 Å². The van der Waals surface area contributed by atoms with Crippen LogP contribution in [-0.4, -0.2) is 43.0 Å². The molecule has 0 bridgehead atoms. The lowest BCUT2D eigenvalue weighted by molar-refractivity contribution is -0.0158. The molecule has 1 heterocycles. The molecule has 1 atom stereocenters. The van der Waals surface area contributed by atoms with E-state index >= 15 is 0 Å². The molecule has 2 rings (SSSR count). The van der Waals surface area contributed by atoms with E-state index in [1.54, 1.807) is 18.2 Å². The van der Waals surface area contributed by atoms with Crippen LogP contribution in [-0.2, 0) is 4.74 Å². The van der Waals surface area contributed by atoms with E-state index in [0.29, 0.717) is 28.8 Å². The first kappa shape index (κ1) is 13.8. The molecule has 5 heteroatoms. The Morgan fingerprint density at radius 1 is 1.44 bits per heavy atom. The van der Waals surface area contributed by atoms with Crippen molar-refractivity contribution in [2.75, 3.05) is 26.2 Å². The number of ketones is 1. The summed E-state index contributed by atoms with van der Waals surface area (Å²) in [4.78, 5) is 14.2. The standard InChI is InChI=1S/C13H15Cl2NO2/c1-9-7-16(4-5-18-9)8-13(17)10-2-3-11(14)12(15)6-10/h2-3,6,9H,4-5,7-8H2,1H3. The molecule has 0 saturated carbocycles. The minimum atomic E-state index is 0.0580. The van der Waals surface area contributed by atoms with Crippen LogP contribution >= 0.6 is 23.2 Å². The molecule has 1 fully saturated rings. The number of Topliss-reactive ketones (excluding diaryl/α,β-unsaturated/α-hetero) is 1. The Morgan fingerprint density at radius 3 is 2.89 bits per heavy atom. The summed E-state index contributed by atoms with van der Waals surface area (Å²) in [5.41, 5.74) is 0.601. The molecule has 0 aromatic heterocycles. The summed E-state index contributed by atoms with van der Waals surface area (Å²) in [6.07, 6.45) is 0.181. The highest BCUT2D eigenvalue weighted by atomic mass is 35.5. The molecule has 0 aliphatic carbocycles. The van der Waals surface area contributed by atoms with Gasteiger partial charge in [-0.2, -0.15) is 0 Å². The van der Waals surface area contributed by atoms with Gasteiger partial charge in [-0.1, -0.05) is 23.2 Å². The molecule has 0 spiro atoms. The van der Waals surface area contributed by atoms with E-state index in [9.17, 15) is 4.79 Å². The van der Waals surface area contributed by atoms with Crippen LogP contribution in [0.2, 0.25) is 10.0 Å². The van der Waals surface area contributed by atoms with Gasteiger partial charge in [-0.3, -0.25) is 9.69 Å². The molecule has 0 N–H and O–H groups in total. The first-order valence-electron chi connectivity index (χ1n) is 5.88. The maximum atomic E-state index is 12.1. The predicted molar refractivity (Wildman–Crippen MR) is 72.6 cm³/mol. The third kappa shape index (κ3) is 3.45. The van der Waals surface area contributed by atoms with Gasteiger partial charge < -0.3 is 4.74 Å². The van der Waals surface area contributed by atoms with Crippen LogP contribution in [0, 0.1) is 0 Å². The van der Waals surface area contributed by atoms with Gasteiger partial charge in [-0.05, 0) is 25.1 Å². The monoisotopic (exact) mass is 287 g/mol. The fourth-order valence-corrected chi connectivity index (χ4v) is 2.30. The smallest absolute Gasteiger partial charge is 0.176 e. The number of halogens is 2. The van der Waals surface area contributed by atoms with E-state index in [4.69, 9.17) is 27.9 Å². The van der Waals surface area contributed by atoms with Gasteiger partial charge >= 0.3 is 0 Å². The molecular weight excluding hydrogens is 273 g/mol. The number of benzene rings is 1. The lowest BCUT2D eigenvalue weighted by atomic mass is 10.1. The van der Waals surface area contributed by atoms with Crippen molar-refractivity contribution in [1.29, 1.82) is 0 Å². The molecule has 1 aromatic carbocycles. The van der Waals surface area contributed by atoms with Crippen molar-refractivity contribution in [3.8, 4) is 0 Å². The second-order valence-corrected chi connectivity index (χ2v) is 5.28. The molecule has 1 aliphatic heterocycles. The fraction of sp³-hybridized carbons (Fsp3) is 0.462. The number of carbonyl (C=O) groups excluding carboxylic acids is 1. The molecule has 1 saturated heterocycles. The maximum absolute atomic E-state index is 12.1. The van der Waals surface area contributed by atoms with Gasteiger partial charge in [0, 0.05) is 18.7 Å². The van der Waals surface area contributed by atoms with Crippen molar-refractivity contribution in [1.82, 2.24) is 4.90 Å². The Balaban J connectivity index is 2.00. The Labute approximate surface area is 117 Å². The van der Waals surface area contributed by atoms with Crippen LogP contribution in [0.4, 0.5) is 0 Å². The van der Waals surface area contributed by atoms with Crippen LogP contribution in [0.5, 0.6) is 0 Å². The Hall–Kier alpha value is -0.610. The minimum Gasteiger partial charge on any atom is -0.376 e. The van der Waals surface area contributed by atoms with Gasteiger partial charge in [0.1, 0.15) is 0 Å². The van der Waals surface area contributed by atoms with Crippen molar-refractivity contribution >= 4 is 29.0 Å². The maximum Gasteiger partial charge on any atom is 0.176 e. The second kappa shape index (κ2) is 6.02. The van der Waals surface area contributed by atoms with Crippen molar-refractivity contribution < 1.29 is 9.53 Å². The van der Waals surface area contributed by atoms with Gasteiger partial charge in [-0.25, -0.2) is 0 Å². The van der Waals surface area contributed by atoms with Crippen LogP contribution < -0.4 is 0 Å². The molecule has 0 radical (unpaired) electrons. The van der Waals surface area contributed by atoms with Gasteiger partial charge in [0.05, 0.1) is 29.3 Å². The van der Waals surface area contributed by atoms with Crippen LogP contribution in [0.15, 0.2) is 18.2 Å². The summed E-state index contributed by atoms with van der Waals surface area (Å²) < 4.78 is 5.44. The number of nitrogens with zero attached hydrogens (tertiary/aromatic N) is 1. The van der Waals surface area contributed by atoms with Crippen molar-refractivity contribution in [3.05, 3.63) is 33.8 Å². The molecule has 98 valence electrons. The lowest BCUT2D eigenvalue weighted by Crippen LogP contribution is -2.43. The highest BCUT2D eigenvalue weighted by Gasteiger charge is 2.19. The average molecular weight is 288 g/mol. The number of morpholine rings is 1. The Bertz CT molecular complexity index is 451. The first-order valence-corrected chi connectivity index (χ1v) is 6.64. The third-order valence-electron chi connectivity index (χ3n) is 2.93. The van der Waals surface area contributed by atoms with Crippen LogP contribution in [0.3, 0.4) is 0 Å². The zero-order chi connectivity index (χ0) is 13.1. The van der Waals surface area contributed by atoms with E-state index in [1.165, 1.54) is 0 Å². The quantitative estimate of drug-likeness (QED) is 0.801. The summed E-state index contributed by atoms with van der Waals surface area (Å²) in [5, 5.41) is 0.881. The molecule has 1 aromatic rings. The third-order valence-corrected chi connectivity index (χ3v) is 3.67. The lowest BCUT2D eigenvalue weighted by Gasteiger charge is -2.30. The molecule has 18 heavy (non-hydrogen) atoms. The highest BCUT2D eigenvalue weighted by Crippen LogP contribution is 2.23. The summed E-state index contributed by atoms with van der Waals surface area (Å²) in [5.74, 6) is 0.0580. The predicted octanol–water partition coefficient (Wildman–Crippen LogP) is 2.90. The topological polar surface area (TPSA) is 29.5 Å². The van der Waals surface area contributed by atoms with E-state index in [2.05, 4.69) is 4.90 Å². The molecule has 1 aliphatic rings. The van der Waals surface area contributed by atoms with Gasteiger partial charge in [0.25, 0.3) is 0 Å². The highest BCUT2D eigenvalue weighted by molar-refractivity contribution is 6.42. The number of ether oxygens (including phenoxy) is 1. The van der Waals surface area contributed by atoms with E-state index < -0.39 is 0 Å². The van der Waals surface area contributed by atoms with Crippen molar-refractivity contribution in [2.45, 2.75) is 13.0 Å². The Morgan fingerprint density at radius 2 is 2.22 bits per heavy atom. The Kier molecular flexibility index (Phi) is 4.62. The molecule has 0 amide bonds. The number of hydrogen-bond acceptors (Lipinski definition) is 3.